The maximum absolute atomic E-state index is 11.8. The predicted octanol–water partition coefficient (Wildman–Crippen LogP) is 2.00. The van der Waals surface area contributed by atoms with Gasteiger partial charge >= 0.3 is 0 Å². The summed E-state index contributed by atoms with van der Waals surface area (Å²) in [4.78, 5) is 24.1. The zero-order valence-corrected chi connectivity index (χ0v) is 12.0. The minimum absolute atomic E-state index is 0.128. The summed E-state index contributed by atoms with van der Waals surface area (Å²) in [6.45, 7) is 0.457. The van der Waals surface area contributed by atoms with Crippen molar-refractivity contribution >= 4 is 17.9 Å². The van der Waals surface area contributed by atoms with Crippen molar-refractivity contribution in [2.75, 3.05) is 13.6 Å². The first kappa shape index (κ1) is 16.7. The molecule has 0 unspecified atom stereocenters. The van der Waals surface area contributed by atoms with Crippen molar-refractivity contribution in [3.05, 3.63) is 54.1 Å². The Morgan fingerprint density at radius 3 is 2.62 bits per heavy atom. The van der Waals surface area contributed by atoms with Gasteiger partial charge in [0, 0.05) is 26.1 Å². The molecule has 0 spiro atoms. The van der Waals surface area contributed by atoms with Gasteiger partial charge in [0.2, 0.25) is 11.8 Å². The van der Waals surface area contributed by atoms with Crippen LogP contribution < -0.4 is 5.48 Å². The van der Waals surface area contributed by atoms with Crippen LogP contribution in [0.3, 0.4) is 0 Å². The normalized spacial score (nSPS) is 11.0. The van der Waals surface area contributed by atoms with E-state index in [-0.39, 0.29) is 12.3 Å². The second kappa shape index (κ2) is 9.50. The molecule has 0 aliphatic carbocycles. The highest BCUT2D eigenvalue weighted by molar-refractivity contribution is 5.87. The molecule has 0 atom stereocenters. The quantitative estimate of drug-likeness (QED) is 0.349. The lowest BCUT2D eigenvalue weighted by Crippen LogP contribution is -2.27. The number of carbonyl (C=O) groups excluding carboxylic acids is 2. The van der Waals surface area contributed by atoms with E-state index in [0.29, 0.717) is 13.0 Å². The van der Waals surface area contributed by atoms with Gasteiger partial charge in [-0.05, 0) is 12.0 Å². The summed E-state index contributed by atoms with van der Waals surface area (Å²) < 4.78 is 0. The molecule has 0 aliphatic heterocycles. The summed E-state index contributed by atoms with van der Waals surface area (Å²) in [7, 11) is 1.67. The minimum atomic E-state index is -0.447. The van der Waals surface area contributed by atoms with E-state index in [1.165, 1.54) is 11.0 Å². The highest BCUT2D eigenvalue weighted by Gasteiger charge is 2.05. The lowest BCUT2D eigenvalue weighted by atomic mass is 10.2. The van der Waals surface area contributed by atoms with Crippen molar-refractivity contribution in [2.45, 2.75) is 12.8 Å². The highest BCUT2D eigenvalue weighted by Crippen LogP contribution is 2.01. The first-order chi connectivity index (χ1) is 10.1. The van der Waals surface area contributed by atoms with E-state index in [0.717, 1.165) is 5.56 Å². The molecule has 0 radical (unpaired) electrons. The molecule has 0 heterocycles. The third kappa shape index (κ3) is 7.08. The molecule has 5 nitrogen and oxygen atoms in total. The number of nitrogens with one attached hydrogen (secondary N) is 1. The number of rotatable bonds is 7. The van der Waals surface area contributed by atoms with Crippen LogP contribution in [0.15, 0.2) is 48.6 Å². The standard InChI is InChI=1S/C16H20N2O3/c1-18(13-7-11-15(19)17-21)16(20)12-6-5-10-14-8-3-2-4-9-14/h2-6,8-10,12,21H,7,11,13H2,1H3,(H,17,19)/b10-5+,12-6+. The Bertz CT molecular complexity index is 510. The van der Waals surface area contributed by atoms with Crippen LogP contribution in [0, 0.1) is 0 Å². The number of nitrogens with zero attached hydrogens (tertiary/aromatic N) is 1. The summed E-state index contributed by atoms with van der Waals surface area (Å²) in [5, 5.41) is 8.35. The summed E-state index contributed by atoms with van der Waals surface area (Å²) in [5.74, 6) is -0.575. The maximum atomic E-state index is 11.8. The Morgan fingerprint density at radius 2 is 1.95 bits per heavy atom. The van der Waals surface area contributed by atoms with Gasteiger partial charge in [0.25, 0.3) is 0 Å². The number of allylic oxidation sites excluding steroid dienone is 2. The van der Waals surface area contributed by atoms with Gasteiger partial charge < -0.3 is 4.90 Å². The van der Waals surface area contributed by atoms with Gasteiger partial charge in [-0.15, -0.1) is 0 Å². The van der Waals surface area contributed by atoms with Crippen LogP contribution in [0.1, 0.15) is 18.4 Å². The summed E-state index contributed by atoms with van der Waals surface area (Å²) in [6, 6.07) is 9.80. The Hall–Kier alpha value is -2.40. The van der Waals surface area contributed by atoms with Crippen LogP contribution in [0.2, 0.25) is 0 Å². The molecule has 0 saturated carbocycles. The van der Waals surface area contributed by atoms with E-state index >= 15 is 0 Å². The third-order valence-electron chi connectivity index (χ3n) is 2.84. The Kier molecular flexibility index (Phi) is 7.53. The Balaban J connectivity index is 2.33. The molecule has 1 rings (SSSR count). The molecule has 0 saturated heterocycles. The molecule has 21 heavy (non-hydrogen) atoms. The summed E-state index contributed by atoms with van der Waals surface area (Å²) in [5.41, 5.74) is 2.63. The van der Waals surface area contributed by atoms with Gasteiger partial charge in [-0.2, -0.15) is 0 Å². The molecule has 0 fully saturated rings. The fourth-order valence-corrected chi connectivity index (χ4v) is 1.64. The average molecular weight is 288 g/mol. The van der Waals surface area contributed by atoms with Crippen LogP contribution in [0.25, 0.3) is 6.08 Å². The van der Waals surface area contributed by atoms with Crippen molar-refractivity contribution < 1.29 is 14.8 Å². The second-order valence-electron chi connectivity index (χ2n) is 4.53. The van der Waals surface area contributed by atoms with Gasteiger partial charge in [-0.1, -0.05) is 48.6 Å². The lowest BCUT2D eigenvalue weighted by molar-refractivity contribution is -0.130. The number of hydrogen-bond acceptors (Lipinski definition) is 3. The molecule has 2 amide bonds. The van der Waals surface area contributed by atoms with E-state index in [9.17, 15) is 9.59 Å². The largest absolute Gasteiger partial charge is 0.342 e. The number of hydroxylamine groups is 1. The molecule has 5 heteroatoms. The molecule has 112 valence electrons. The average Bonchev–Trinajstić information content (AvgIpc) is 2.52. The number of hydrogen-bond donors (Lipinski definition) is 2. The lowest BCUT2D eigenvalue weighted by Gasteiger charge is -2.14. The third-order valence-corrected chi connectivity index (χ3v) is 2.84. The van der Waals surface area contributed by atoms with Gasteiger partial charge in [-0.25, -0.2) is 5.48 Å². The number of likely N-dealkylation sites (N-methyl/N-ethyl adjacent to an activating group) is 1. The van der Waals surface area contributed by atoms with E-state index in [2.05, 4.69) is 0 Å². The zero-order chi connectivity index (χ0) is 15.5. The number of carbonyl (C=O) groups is 2. The highest BCUT2D eigenvalue weighted by atomic mass is 16.5. The Morgan fingerprint density at radius 1 is 1.24 bits per heavy atom. The topological polar surface area (TPSA) is 69.6 Å². The molecule has 0 aliphatic rings. The van der Waals surface area contributed by atoms with Gasteiger partial charge in [-0.3, -0.25) is 14.8 Å². The molecule has 1 aromatic rings. The van der Waals surface area contributed by atoms with E-state index < -0.39 is 5.91 Å². The van der Waals surface area contributed by atoms with Crippen molar-refractivity contribution in [2.24, 2.45) is 0 Å². The number of amides is 2. The van der Waals surface area contributed by atoms with Crippen molar-refractivity contribution in [3.63, 3.8) is 0 Å². The van der Waals surface area contributed by atoms with Crippen LogP contribution in [0.4, 0.5) is 0 Å². The van der Waals surface area contributed by atoms with Crippen LogP contribution in [-0.4, -0.2) is 35.5 Å². The molecule has 2 N–H and O–H groups in total. The second-order valence-corrected chi connectivity index (χ2v) is 4.53. The molecular weight excluding hydrogens is 268 g/mol. The SMILES string of the molecule is CN(CCCC(=O)NO)C(=O)/C=C/C=C/c1ccccc1. The monoisotopic (exact) mass is 288 g/mol. The molecule has 1 aromatic carbocycles. The number of benzene rings is 1. The van der Waals surface area contributed by atoms with Crippen molar-refractivity contribution in [1.29, 1.82) is 0 Å². The van der Waals surface area contributed by atoms with E-state index in [1.807, 2.05) is 36.4 Å². The van der Waals surface area contributed by atoms with Crippen LogP contribution in [0.5, 0.6) is 0 Å². The van der Waals surface area contributed by atoms with Crippen molar-refractivity contribution in [3.8, 4) is 0 Å². The molecular formula is C16H20N2O3. The molecule has 0 bridgehead atoms. The van der Waals surface area contributed by atoms with E-state index in [4.69, 9.17) is 5.21 Å². The summed E-state index contributed by atoms with van der Waals surface area (Å²) >= 11 is 0. The van der Waals surface area contributed by atoms with Gasteiger partial charge in [0.05, 0.1) is 0 Å². The predicted molar refractivity (Wildman–Crippen MR) is 81.4 cm³/mol. The minimum Gasteiger partial charge on any atom is -0.342 e. The fourth-order valence-electron chi connectivity index (χ4n) is 1.64. The van der Waals surface area contributed by atoms with Crippen LogP contribution in [-0.2, 0) is 9.59 Å². The maximum Gasteiger partial charge on any atom is 0.246 e. The fraction of sp³-hybridized carbons (Fsp3) is 0.250. The zero-order valence-electron chi connectivity index (χ0n) is 12.0. The molecule has 0 aromatic heterocycles. The summed E-state index contributed by atoms with van der Waals surface area (Å²) in [6.07, 6.45) is 7.57. The Labute approximate surface area is 124 Å². The first-order valence-electron chi connectivity index (χ1n) is 6.71. The smallest absolute Gasteiger partial charge is 0.246 e. The van der Waals surface area contributed by atoms with Crippen molar-refractivity contribution in [1.82, 2.24) is 10.4 Å². The van der Waals surface area contributed by atoms with Crippen LogP contribution >= 0.6 is 0 Å². The van der Waals surface area contributed by atoms with Gasteiger partial charge in [0.15, 0.2) is 0 Å². The first-order valence-corrected chi connectivity index (χ1v) is 6.71. The van der Waals surface area contributed by atoms with Gasteiger partial charge in [0.1, 0.15) is 0 Å². The van der Waals surface area contributed by atoms with E-state index in [1.54, 1.807) is 24.7 Å².